The number of hydrogen-bond donors (Lipinski definition) is 2. The van der Waals surface area contributed by atoms with Crippen LogP contribution in [0.15, 0.2) is 0 Å². The summed E-state index contributed by atoms with van der Waals surface area (Å²) in [5.74, 6) is 0. The summed E-state index contributed by atoms with van der Waals surface area (Å²) < 4.78 is 31.6. The molecule has 0 atom stereocenters. The van der Waals surface area contributed by atoms with E-state index in [1.807, 2.05) is 0 Å². The third kappa shape index (κ3) is 151. The third-order valence-corrected chi connectivity index (χ3v) is 0. The van der Waals surface area contributed by atoms with Gasteiger partial charge in [-0.2, -0.15) is 8.42 Å². The monoisotopic (exact) mass is 129 g/mol. The van der Waals surface area contributed by atoms with Crippen LogP contribution in [0.25, 0.3) is 0 Å². The largest absolute Gasteiger partial charge is 2.00 e. The van der Waals surface area contributed by atoms with Gasteiger partial charge in [0.2, 0.25) is 0 Å². The maximum atomic E-state index is 8.74. The summed E-state index contributed by atoms with van der Waals surface area (Å²) in [7, 11) is -4.67. The van der Waals surface area contributed by atoms with E-state index >= 15 is 0 Å². The van der Waals surface area contributed by atoms with E-state index in [1.165, 1.54) is 0 Å². The van der Waals surface area contributed by atoms with Crippen LogP contribution in [0, 0.1) is 0 Å². The van der Waals surface area contributed by atoms with Crippen molar-refractivity contribution in [1.82, 2.24) is 0 Å². The van der Waals surface area contributed by atoms with Gasteiger partial charge in [-0.05, 0) is 0 Å². The van der Waals surface area contributed by atoms with Crippen molar-refractivity contribution in [2.75, 3.05) is 0 Å². The standard InChI is InChI=1S/Mg.H2O4S/c;1-5(2,3)4/h;(H2,1,2,3,4)/q+2;/p+7. The molecule has 0 aromatic carbocycles. The first-order chi connectivity index (χ1) is 2.00. The molecule has 0 aromatic heterocycles. The van der Waals surface area contributed by atoms with Crippen LogP contribution in [-0.2, 0) is 10.4 Å². The van der Waals surface area contributed by atoms with Gasteiger partial charge in [0.1, 0.15) is 0 Å². The first kappa shape index (κ1) is 9.81. The van der Waals surface area contributed by atoms with Crippen LogP contribution >= 0.6 is 0 Å². The molecule has 0 fully saturated rings. The molecular formula is H9MgO4S+9. The molecule has 0 radical (unpaired) electrons. The Labute approximate surface area is 61.7 Å². The summed E-state index contributed by atoms with van der Waals surface area (Å²) >= 11 is 0. The molecule has 0 aromatic rings. The molecule has 0 aliphatic heterocycles. The van der Waals surface area contributed by atoms with Gasteiger partial charge in [0.25, 0.3) is 0 Å². The van der Waals surface area contributed by atoms with E-state index in [9.17, 15) is 0 Å². The van der Waals surface area contributed by atoms with Gasteiger partial charge in [-0.1, -0.05) is 0 Å². The van der Waals surface area contributed by atoms with Crippen molar-refractivity contribution < 1.29 is 27.5 Å². The molecule has 0 aliphatic rings. The summed E-state index contributed by atoms with van der Waals surface area (Å²) in [6, 6.07) is 0. The zero-order valence-electron chi connectivity index (χ0n) is 9.83. The number of rotatable bonds is 0. The molecule has 0 unspecified atom stereocenters. The van der Waals surface area contributed by atoms with Gasteiger partial charge in [0.05, 0.1) is 0 Å². The van der Waals surface area contributed by atoms with Crippen molar-refractivity contribution in [3.8, 4) is 0 Å². The van der Waals surface area contributed by atoms with E-state index in [2.05, 4.69) is 0 Å². The molecule has 0 bridgehead atoms. The van der Waals surface area contributed by atoms with E-state index in [-0.39, 0.29) is 33.0 Å². The molecule has 6 heteroatoms. The van der Waals surface area contributed by atoms with E-state index in [1.54, 1.807) is 0 Å². The zero-order valence-corrected chi connectivity index (χ0v) is 5.06. The second-order valence-electron chi connectivity index (χ2n) is 0.448. The van der Waals surface area contributed by atoms with Gasteiger partial charge in [0, 0.05) is 0 Å². The van der Waals surface area contributed by atoms with Crippen molar-refractivity contribution in [2.45, 2.75) is 0 Å². The molecule has 0 heterocycles. The van der Waals surface area contributed by atoms with Crippen LogP contribution in [0.3, 0.4) is 0 Å². The van der Waals surface area contributed by atoms with Crippen LogP contribution in [-0.4, -0.2) is 40.6 Å². The molecule has 0 amide bonds. The summed E-state index contributed by atoms with van der Waals surface area (Å²) in [6.45, 7) is 0. The second kappa shape index (κ2) is 2.75. The van der Waals surface area contributed by atoms with Gasteiger partial charge in [0.15, 0.2) is 0 Å². The second-order valence-corrected chi connectivity index (χ2v) is 1.34. The smallest absolute Gasteiger partial charge is 0.264 e. The van der Waals surface area contributed by atoms with Gasteiger partial charge < -0.3 is 0 Å². The van der Waals surface area contributed by atoms with Crippen molar-refractivity contribution in [3.63, 3.8) is 0 Å². The van der Waals surface area contributed by atoms with Crippen molar-refractivity contribution in [2.24, 2.45) is 0 Å². The molecule has 4 nitrogen and oxygen atoms in total. The van der Waals surface area contributed by atoms with Crippen LogP contribution in [0.4, 0.5) is 0 Å². The number of hydrogen-bond acceptors (Lipinski definition) is 2. The van der Waals surface area contributed by atoms with Crippen LogP contribution in [0.1, 0.15) is 9.99 Å². The summed E-state index contributed by atoms with van der Waals surface area (Å²) in [5.41, 5.74) is 0. The molecule has 6 heavy (non-hydrogen) atoms. The van der Waals surface area contributed by atoms with Crippen molar-refractivity contribution >= 4 is 33.5 Å². The maximum Gasteiger partial charge on any atom is 2.00 e. The molecular weight excluding hydrogens is 120 g/mol. The molecule has 2 N–H and O–H groups in total. The predicted molar refractivity (Wildman–Crippen MR) is 27.7 cm³/mol. The van der Waals surface area contributed by atoms with Crippen LogP contribution < -0.4 is 0 Å². The van der Waals surface area contributed by atoms with E-state index in [0.29, 0.717) is 0 Å². The molecule has 0 spiro atoms. The first-order valence-corrected chi connectivity index (χ1v) is 2.10. The van der Waals surface area contributed by atoms with E-state index in [4.69, 9.17) is 17.5 Å². The van der Waals surface area contributed by atoms with Crippen molar-refractivity contribution in [1.29, 1.82) is 0 Å². The van der Waals surface area contributed by atoms with E-state index in [0.717, 1.165) is 0 Å². The fraction of sp³-hybridized carbons (Fsp3) is 0. The van der Waals surface area contributed by atoms with Crippen LogP contribution in [0.2, 0.25) is 0 Å². The van der Waals surface area contributed by atoms with Gasteiger partial charge in [-0.15, -0.1) is 0 Å². The fourth-order valence-corrected chi connectivity index (χ4v) is 0. The maximum absolute atomic E-state index is 8.74. The third-order valence-electron chi connectivity index (χ3n) is 0. The fourth-order valence-electron chi connectivity index (χ4n) is 0. The van der Waals surface area contributed by atoms with Gasteiger partial charge in [-0.25, -0.2) is 0 Å². The van der Waals surface area contributed by atoms with E-state index < -0.39 is 10.4 Å². The Balaban J connectivity index is -0.00000000286. The predicted octanol–water partition coefficient (Wildman–Crippen LogP) is -0.246. The normalized spacial score (nSPS) is 9.67. The summed E-state index contributed by atoms with van der Waals surface area (Å²) in [6.07, 6.45) is 0. The zero-order chi connectivity index (χ0) is 4.50. The van der Waals surface area contributed by atoms with Gasteiger partial charge in [-0.3, -0.25) is 9.11 Å². The minimum atomic E-state index is -4.67. The SMILES string of the molecule is O=S(=O)(O)O.[H+].[H+].[H+].[H+].[H+].[H+].[H+].[Mg+2]. The molecule has 0 aliphatic carbocycles. The quantitative estimate of drug-likeness (QED) is 0.349. The minimum absolute atomic E-state index is 0. The Morgan fingerprint density at radius 1 is 1.33 bits per heavy atom. The van der Waals surface area contributed by atoms with Crippen LogP contribution in [0.5, 0.6) is 0 Å². The average molecular weight is 129 g/mol. The Morgan fingerprint density at radius 3 is 1.33 bits per heavy atom. The Bertz CT molecular complexity index is 104. The minimum Gasteiger partial charge on any atom is -0.264 e. The van der Waals surface area contributed by atoms with Gasteiger partial charge >= 0.3 is 43.4 Å². The molecule has 0 saturated carbocycles. The Morgan fingerprint density at radius 2 is 1.33 bits per heavy atom. The average Bonchev–Trinajstić information content (AvgIpc) is 0.722. The molecule has 0 saturated heterocycles. The molecule has 32 valence electrons. The first-order valence-electron chi connectivity index (χ1n) is 0.698. The summed E-state index contributed by atoms with van der Waals surface area (Å²) in [5, 5.41) is 0. The van der Waals surface area contributed by atoms with Crippen molar-refractivity contribution in [3.05, 3.63) is 0 Å². The summed E-state index contributed by atoms with van der Waals surface area (Å²) in [4.78, 5) is 0. The Hall–Kier alpha value is 0.636. The molecule has 0 rings (SSSR count). The Kier molecular flexibility index (Phi) is 4.50. The topological polar surface area (TPSA) is 74.6 Å².